The minimum Gasteiger partial charge on any atom is -0.472 e. The van der Waals surface area contributed by atoms with E-state index >= 15 is 4.39 Å². The zero-order valence-electron chi connectivity index (χ0n) is 22.2. The van der Waals surface area contributed by atoms with Crippen molar-refractivity contribution in [2.45, 2.75) is 57.0 Å². The number of carboxylic acid groups (broad SMARTS) is 1. The first-order chi connectivity index (χ1) is 19.2. The number of rotatable bonds is 6. The molecule has 3 unspecified atom stereocenters. The van der Waals surface area contributed by atoms with Crippen LogP contribution in [0.15, 0.2) is 12.3 Å². The van der Waals surface area contributed by atoms with Crippen LogP contribution in [0.5, 0.6) is 5.88 Å². The summed E-state index contributed by atoms with van der Waals surface area (Å²) >= 11 is 6.09. The lowest BCUT2D eigenvalue weighted by molar-refractivity contribution is 0.118. The van der Waals surface area contributed by atoms with Crippen LogP contribution in [0.3, 0.4) is 0 Å². The highest BCUT2D eigenvalue weighted by atomic mass is 35.5. The molecule has 5 atom stereocenters. The van der Waals surface area contributed by atoms with Crippen LogP contribution in [0.1, 0.15) is 37.9 Å². The van der Waals surface area contributed by atoms with Crippen molar-refractivity contribution in [2.75, 3.05) is 33.3 Å². The van der Waals surface area contributed by atoms with Crippen LogP contribution >= 0.6 is 11.6 Å². The van der Waals surface area contributed by atoms with Gasteiger partial charge in [0.15, 0.2) is 11.0 Å². The SMILES string of the molecule is C[C@H](Oc1nc2c(F)c(Cl)ncc2c2c1cc(CN1CCOC1=O)n2C1C2CC1N(C(=O)O)C2)[C@@H]1CCCN1C. The number of cyclic esters (lactones) is 1. The molecule has 3 aromatic rings. The number of likely N-dealkylation sites (N-methyl/N-ethyl adjacent to an activating group) is 1. The summed E-state index contributed by atoms with van der Waals surface area (Å²) in [5.74, 6) is -0.371. The molecule has 3 aromatic heterocycles. The van der Waals surface area contributed by atoms with Crippen molar-refractivity contribution in [2.24, 2.45) is 5.92 Å². The Bertz CT molecular complexity index is 1550. The summed E-state index contributed by atoms with van der Waals surface area (Å²) in [6.07, 6.45) is 2.73. The summed E-state index contributed by atoms with van der Waals surface area (Å²) in [5.41, 5.74) is 1.48. The van der Waals surface area contributed by atoms with Gasteiger partial charge in [0.25, 0.3) is 0 Å². The van der Waals surface area contributed by atoms with E-state index in [2.05, 4.69) is 26.5 Å². The first-order valence-electron chi connectivity index (χ1n) is 13.7. The van der Waals surface area contributed by atoms with Gasteiger partial charge < -0.3 is 24.0 Å². The Balaban J connectivity index is 1.43. The van der Waals surface area contributed by atoms with Gasteiger partial charge in [0.05, 0.1) is 36.1 Å². The molecule has 0 aromatic carbocycles. The van der Waals surface area contributed by atoms with E-state index < -0.39 is 18.0 Å². The lowest BCUT2D eigenvalue weighted by atomic mass is 9.79. The number of hydrogen-bond donors (Lipinski definition) is 1. The quantitative estimate of drug-likeness (QED) is 0.439. The van der Waals surface area contributed by atoms with Crippen molar-refractivity contribution >= 4 is 45.6 Å². The van der Waals surface area contributed by atoms with Gasteiger partial charge in [-0.05, 0) is 45.8 Å². The van der Waals surface area contributed by atoms with Crippen molar-refractivity contribution in [1.82, 2.24) is 29.2 Å². The van der Waals surface area contributed by atoms with Crippen LogP contribution in [0.25, 0.3) is 21.8 Å². The molecule has 212 valence electrons. The lowest BCUT2D eigenvalue weighted by Crippen LogP contribution is -2.43. The Morgan fingerprint density at radius 2 is 2.17 bits per heavy atom. The maximum Gasteiger partial charge on any atom is 0.410 e. The summed E-state index contributed by atoms with van der Waals surface area (Å²) in [6, 6.07) is 1.71. The number of aromatic nitrogens is 3. The summed E-state index contributed by atoms with van der Waals surface area (Å²) in [6.45, 7) is 4.39. The van der Waals surface area contributed by atoms with Crippen LogP contribution < -0.4 is 4.74 Å². The third-order valence-corrected chi connectivity index (χ3v) is 9.44. The van der Waals surface area contributed by atoms with E-state index in [1.54, 1.807) is 4.90 Å². The fourth-order valence-corrected chi connectivity index (χ4v) is 7.35. The van der Waals surface area contributed by atoms with Gasteiger partial charge >= 0.3 is 12.2 Å². The van der Waals surface area contributed by atoms with Crippen molar-refractivity contribution in [3.8, 4) is 5.88 Å². The van der Waals surface area contributed by atoms with E-state index in [1.807, 2.05) is 13.0 Å². The molecule has 0 radical (unpaired) electrons. The molecule has 13 heteroatoms. The largest absolute Gasteiger partial charge is 0.472 e. The number of fused-ring (bicyclic) bond motifs is 4. The number of likely N-dealkylation sites (tertiary alicyclic amines) is 1. The molecule has 2 bridgehead atoms. The maximum absolute atomic E-state index is 15.5. The van der Waals surface area contributed by atoms with E-state index in [-0.39, 0.29) is 53.2 Å². The number of nitrogens with zero attached hydrogens (tertiary/aromatic N) is 6. The van der Waals surface area contributed by atoms with Crippen molar-refractivity contribution in [1.29, 1.82) is 0 Å². The molecule has 11 nitrogen and oxygen atoms in total. The number of ether oxygens (including phenoxy) is 2. The zero-order valence-corrected chi connectivity index (χ0v) is 23.0. The number of carbonyl (C=O) groups is 2. The highest BCUT2D eigenvalue weighted by molar-refractivity contribution is 6.30. The molecular weight excluding hydrogens is 543 g/mol. The predicted molar refractivity (Wildman–Crippen MR) is 143 cm³/mol. The number of amides is 2. The van der Waals surface area contributed by atoms with Crippen LogP contribution in [0.2, 0.25) is 5.15 Å². The molecule has 1 saturated carbocycles. The Kier molecular flexibility index (Phi) is 5.97. The molecule has 1 N–H and O–H groups in total. The van der Waals surface area contributed by atoms with Crippen LogP contribution in [-0.2, 0) is 11.3 Å². The summed E-state index contributed by atoms with van der Waals surface area (Å²) < 4.78 is 29.2. The third-order valence-electron chi connectivity index (χ3n) is 9.18. The Morgan fingerprint density at radius 1 is 1.35 bits per heavy atom. The van der Waals surface area contributed by atoms with Crippen molar-refractivity contribution in [3.63, 3.8) is 0 Å². The molecule has 1 aliphatic carbocycles. The molecule has 2 amide bonds. The third kappa shape index (κ3) is 3.79. The van der Waals surface area contributed by atoms with Crippen molar-refractivity contribution in [3.05, 3.63) is 28.9 Å². The van der Waals surface area contributed by atoms with Gasteiger partial charge in [0, 0.05) is 35.8 Å². The number of carbonyl (C=O) groups excluding carboxylic acids is 1. The zero-order chi connectivity index (χ0) is 27.9. The lowest BCUT2D eigenvalue weighted by Gasteiger charge is -2.39. The van der Waals surface area contributed by atoms with E-state index in [0.29, 0.717) is 36.0 Å². The van der Waals surface area contributed by atoms with Gasteiger partial charge in [-0.1, -0.05) is 11.6 Å². The second kappa shape index (κ2) is 9.34. The Hall–Kier alpha value is -3.38. The van der Waals surface area contributed by atoms with E-state index in [0.717, 1.165) is 31.5 Å². The summed E-state index contributed by atoms with van der Waals surface area (Å²) in [4.78, 5) is 38.5. The average molecular weight is 573 g/mol. The van der Waals surface area contributed by atoms with E-state index in [9.17, 15) is 14.7 Å². The number of hydrogen-bond acceptors (Lipinski definition) is 7. The number of pyridine rings is 2. The molecule has 4 aliphatic heterocycles. The van der Waals surface area contributed by atoms with Gasteiger partial charge in [-0.25, -0.2) is 23.9 Å². The molecule has 5 aliphatic rings. The van der Waals surface area contributed by atoms with Gasteiger partial charge in [-0.15, -0.1) is 0 Å². The average Bonchev–Trinajstić information content (AvgIpc) is 3.73. The number of halogens is 2. The first-order valence-corrected chi connectivity index (χ1v) is 14.1. The second-order valence-corrected chi connectivity index (χ2v) is 11.7. The fraction of sp³-hybridized carbons (Fsp3) is 0.556. The van der Waals surface area contributed by atoms with Crippen molar-refractivity contribution < 1.29 is 28.6 Å². The highest BCUT2D eigenvalue weighted by Gasteiger charge is 2.55. The molecule has 8 rings (SSSR count). The minimum absolute atomic E-state index is 0.0442. The first kappa shape index (κ1) is 25.6. The summed E-state index contributed by atoms with van der Waals surface area (Å²) in [5, 5.41) is 10.7. The van der Waals surface area contributed by atoms with Gasteiger partial charge in [-0.3, -0.25) is 9.80 Å². The fourth-order valence-electron chi connectivity index (χ4n) is 7.21. The topological polar surface area (TPSA) is 113 Å². The molecular formula is C27H30ClFN6O5. The predicted octanol–water partition coefficient (Wildman–Crippen LogP) is 4.11. The molecule has 0 spiro atoms. The van der Waals surface area contributed by atoms with Crippen LogP contribution in [0, 0.1) is 11.7 Å². The second-order valence-electron chi connectivity index (χ2n) is 11.3. The monoisotopic (exact) mass is 572 g/mol. The smallest absolute Gasteiger partial charge is 0.410 e. The normalized spacial score (nSPS) is 27.1. The minimum atomic E-state index is -0.958. The Labute approximate surface area is 234 Å². The molecule has 4 saturated heterocycles. The van der Waals surface area contributed by atoms with Gasteiger partial charge in [0.2, 0.25) is 5.88 Å². The van der Waals surface area contributed by atoms with Gasteiger partial charge in [0.1, 0.15) is 18.2 Å². The highest BCUT2D eigenvalue weighted by Crippen LogP contribution is 2.52. The molecule has 5 fully saturated rings. The summed E-state index contributed by atoms with van der Waals surface area (Å²) in [7, 11) is 2.07. The van der Waals surface area contributed by atoms with Crippen LogP contribution in [-0.4, -0.2) is 98.0 Å². The van der Waals surface area contributed by atoms with Crippen LogP contribution in [0.4, 0.5) is 14.0 Å². The van der Waals surface area contributed by atoms with Gasteiger partial charge in [-0.2, -0.15) is 0 Å². The van der Waals surface area contributed by atoms with E-state index in [4.69, 9.17) is 21.1 Å². The Morgan fingerprint density at radius 3 is 2.85 bits per heavy atom. The van der Waals surface area contributed by atoms with E-state index in [1.165, 1.54) is 11.1 Å². The molecule has 40 heavy (non-hydrogen) atoms. The standard InChI is InChI=1S/C27H30ClFN6O5/c1-13(18-4-3-5-32(18)2)40-25-16-9-15(12-33-6-7-39-27(33)38)35(22-14-8-19(22)34(11-14)26(36)37)23(16)17-10-30-24(28)20(29)21(17)31-25/h9-10,13-14,18-19,22H,3-8,11-12H2,1-2H3,(H,36,37)/t13-,14?,18-,19?,22?/m0/s1. The molecule has 7 heterocycles. The maximum atomic E-state index is 15.5.